The summed E-state index contributed by atoms with van der Waals surface area (Å²) in [5, 5.41) is 2.79. The highest BCUT2D eigenvalue weighted by molar-refractivity contribution is 7.89. The number of hydrogen-bond donors (Lipinski definition) is 1. The topological polar surface area (TPSA) is 75.7 Å². The molecule has 1 unspecified atom stereocenters. The number of hydrogen-bond acceptors (Lipinski definition) is 4. The molecular weight excluding hydrogens is 342 g/mol. The first kappa shape index (κ1) is 17.2. The van der Waals surface area contributed by atoms with Crippen LogP contribution in [-0.4, -0.2) is 50.5 Å². The maximum absolute atomic E-state index is 13.8. The fourth-order valence-corrected chi connectivity index (χ4v) is 4.24. The zero-order valence-electron chi connectivity index (χ0n) is 12.9. The number of rotatable bonds is 4. The molecule has 9 heteroatoms. The van der Waals surface area contributed by atoms with E-state index in [0.29, 0.717) is 0 Å². The van der Waals surface area contributed by atoms with Crippen LogP contribution in [0.3, 0.4) is 0 Å². The van der Waals surface area contributed by atoms with E-state index in [4.69, 9.17) is 4.74 Å². The molecular formula is C15H18F2N2O4S. The highest BCUT2D eigenvalue weighted by Gasteiger charge is 2.37. The second-order valence-corrected chi connectivity index (χ2v) is 7.78. The summed E-state index contributed by atoms with van der Waals surface area (Å²) < 4.78 is 59.0. The summed E-state index contributed by atoms with van der Waals surface area (Å²) in [6, 6.07) is 2.96. The van der Waals surface area contributed by atoms with Crippen molar-refractivity contribution >= 4 is 15.9 Å². The molecule has 0 bridgehead atoms. The average Bonchev–Trinajstić information content (AvgIpc) is 2.50. The molecule has 0 spiro atoms. The Kier molecular flexibility index (Phi) is 4.84. The summed E-state index contributed by atoms with van der Waals surface area (Å²) in [5.74, 6) is -2.71. The molecule has 1 aromatic rings. The quantitative estimate of drug-likeness (QED) is 0.870. The third kappa shape index (κ3) is 3.28. The van der Waals surface area contributed by atoms with Crippen molar-refractivity contribution < 1.29 is 26.7 Å². The van der Waals surface area contributed by atoms with Crippen LogP contribution in [0.5, 0.6) is 0 Å². The van der Waals surface area contributed by atoms with Gasteiger partial charge in [-0.15, -0.1) is 0 Å². The Morgan fingerprint density at radius 2 is 1.92 bits per heavy atom. The lowest BCUT2D eigenvalue weighted by Crippen LogP contribution is -2.54. The maximum Gasteiger partial charge on any atom is 0.250 e. The van der Waals surface area contributed by atoms with Crippen molar-refractivity contribution in [1.29, 1.82) is 0 Å². The fraction of sp³-hybridized carbons (Fsp3) is 0.533. The molecule has 1 atom stereocenters. The van der Waals surface area contributed by atoms with Crippen molar-refractivity contribution in [2.24, 2.45) is 0 Å². The van der Waals surface area contributed by atoms with Gasteiger partial charge in [0.2, 0.25) is 10.0 Å². The number of carbonyl (C=O) groups excluding carboxylic acids is 1. The zero-order valence-corrected chi connectivity index (χ0v) is 13.7. The van der Waals surface area contributed by atoms with Gasteiger partial charge in [-0.05, 0) is 31.4 Å². The van der Waals surface area contributed by atoms with Crippen molar-refractivity contribution in [3.63, 3.8) is 0 Å². The molecule has 3 rings (SSSR count). The minimum atomic E-state index is -4.39. The van der Waals surface area contributed by atoms with Gasteiger partial charge in [-0.1, -0.05) is 6.07 Å². The lowest BCUT2D eigenvalue weighted by molar-refractivity contribution is -0.137. The number of nitrogens with one attached hydrogen (secondary N) is 1. The van der Waals surface area contributed by atoms with Crippen LogP contribution in [0.1, 0.15) is 19.3 Å². The number of ether oxygens (including phenoxy) is 1. The first-order valence-electron chi connectivity index (χ1n) is 7.76. The fourth-order valence-electron chi connectivity index (χ4n) is 2.71. The Morgan fingerprint density at radius 3 is 2.50 bits per heavy atom. The van der Waals surface area contributed by atoms with Gasteiger partial charge in [-0.25, -0.2) is 17.2 Å². The molecule has 2 fully saturated rings. The van der Waals surface area contributed by atoms with E-state index in [-0.39, 0.29) is 25.7 Å². The smallest absolute Gasteiger partial charge is 0.250 e. The van der Waals surface area contributed by atoms with Crippen LogP contribution in [-0.2, 0) is 19.6 Å². The summed E-state index contributed by atoms with van der Waals surface area (Å²) in [4.78, 5) is 11.1. The number of sulfonamides is 1. The van der Waals surface area contributed by atoms with E-state index in [1.54, 1.807) is 0 Å². The van der Waals surface area contributed by atoms with E-state index >= 15 is 0 Å². The van der Waals surface area contributed by atoms with Gasteiger partial charge in [0.25, 0.3) is 5.91 Å². The Morgan fingerprint density at radius 1 is 1.25 bits per heavy atom. The van der Waals surface area contributed by atoms with Crippen LogP contribution in [0.25, 0.3) is 0 Å². The standard InChI is InChI=1S/C15H18F2N2O4S/c16-11-5-2-6-12(17)14(11)24(21,22)19-7-8-23-13(9-19)15(20)18-10-3-1-4-10/h2,5-6,10,13H,1,3-4,7-9H2,(H,18,20). The molecule has 1 saturated carbocycles. The summed E-state index contributed by atoms with van der Waals surface area (Å²) in [6.07, 6.45) is 1.84. The van der Waals surface area contributed by atoms with E-state index in [2.05, 4.69) is 5.32 Å². The summed E-state index contributed by atoms with van der Waals surface area (Å²) in [6.45, 7) is -0.351. The van der Waals surface area contributed by atoms with Gasteiger partial charge in [0.15, 0.2) is 4.90 Å². The Labute approximate surface area is 138 Å². The molecule has 1 aliphatic heterocycles. The highest BCUT2D eigenvalue weighted by atomic mass is 32.2. The van der Waals surface area contributed by atoms with Gasteiger partial charge >= 0.3 is 0 Å². The number of nitrogens with zero attached hydrogens (tertiary/aromatic N) is 1. The molecule has 0 radical (unpaired) electrons. The van der Waals surface area contributed by atoms with Crippen molar-refractivity contribution in [3.8, 4) is 0 Å². The lowest BCUT2D eigenvalue weighted by atomic mass is 9.93. The van der Waals surface area contributed by atoms with Gasteiger partial charge in [0.05, 0.1) is 6.61 Å². The summed E-state index contributed by atoms with van der Waals surface area (Å²) >= 11 is 0. The van der Waals surface area contributed by atoms with Crippen molar-refractivity contribution in [2.45, 2.75) is 36.3 Å². The first-order chi connectivity index (χ1) is 11.4. The number of benzene rings is 1. The molecule has 132 valence electrons. The maximum atomic E-state index is 13.8. The van der Waals surface area contributed by atoms with Crippen LogP contribution in [0.15, 0.2) is 23.1 Å². The molecule has 24 heavy (non-hydrogen) atoms. The van der Waals surface area contributed by atoms with Gasteiger partial charge in [0, 0.05) is 19.1 Å². The normalized spacial score (nSPS) is 22.8. The first-order valence-corrected chi connectivity index (χ1v) is 9.20. The van der Waals surface area contributed by atoms with Crippen molar-refractivity contribution in [2.75, 3.05) is 19.7 Å². The molecule has 0 aromatic heterocycles. The predicted octanol–water partition coefficient (Wildman–Crippen LogP) is 1.02. The average molecular weight is 360 g/mol. The van der Waals surface area contributed by atoms with Gasteiger partial charge in [-0.3, -0.25) is 4.79 Å². The van der Waals surface area contributed by atoms with Gasteiger partial charge < -0.3 is 10.1 Å². The molecule has 6 nitrogen and oxygen atoms in total. The van der Waals surface area contributed by atoms with Crippen molar-refractivity contribution in [1.82, 2.24) is 9.62 Å². The van der Waals surface area contributed by atoms with E-state index < -0.39 is 38.6 Å². The monoisotopic (exact) mass is 360 g/mol. The summed E-state index contributed by atoms with van der Waals surface area (Å²) in [5.41, 5.74) is 0. The molecule has 1 amide bonds. The van der Waals surface area contributed by atoms with E-state index in [1.165, 1.54) is 0 Å². The Bertz CT molecular complexity index is 717. The summed E-state index contributed by atoms with van der Waals surface area (Å²) in [7, 11) is -4.39. The zero-order chi connectivity index (χ0) is 17.3. The van der Waals surface area contributed by atoms with Crippen LogP contribution in [0, 0.1) is 11.6 Å². The van der Waals surface area contributed by atoms with Crippen LogP contribution < -0.4 is 5.32 Å². The second-order valence-electron chi connectivity index (χ2n) is 5.91. The number of halogens is 2. The SMILES string of the molecule is O=C(NC1CCC1)C1CN(S(=O)(=O)c2c(F)cccc2F)CCO1. The molecule has 1 N–H and O–H groups in total. The van der Waals surface area contributed by atoms with Crippen LogP contribution in [0.4, 0.5) is 8.78 Å². The number of morpholine rings is 1. The third-order valence-corrected chi connectivity index (χ3v) is 6.21. The predicted molar refractivity (Wildman–Crippen MR) is 80.6 cm³/mol. The van der Waals surface area contributed by atoms with Gasteiger partial charge in [-0.2, -0.15) is 4.31 Å². The lowest BCUT2D eigenvalue weighted by Gasteiger charge is -2.33. The largest absolute Gasteiger partial charge is 0.366 e. The second kappa shape index (κ2) is 6.73. The number of carbonyl (C=O) groups is 1. The van der Waals surface area contributed by atoms with E-state index in [0.717, 1.165) is 41.8 Å². The van der Waals surface area contributed by atoms with Crippen LogP contribution >= 0.6 is 0 Å². The number of amides is 1. The third-order valence-electron chi connectivity index (χ3n) is 4.29. The Hall–Kier alpha value is -1.58. The van der Waals surface area contributed by atoms with Crippen LogP contribution in [0.2, 0.25) is 0 Å². The Balaban J connectivity index is 1.77. The van der Waals surface area contributed by atoms with E-state index in [1.807, 2.05) is 0 Å². The van der Waals surface area contributed by atoms with E-state index in [9.17, 15) is 22.0 Å². The minimum absolute atomic E-state index is 0.0158. The van der Waals surface area contributed by atoms with Gasteiger partial charge in [0.1, 0.15) is 17.7 Å². The van der Waals surface area contributed by atoms with Crippen molar-refractivity contribution in [3.05, 3.63) is 29.8 Å². The highest BCUT2D eigenvalue weighted by Crippen LogP contribution is 2.24. The molecule has 1 aromatic carbocycles. The molecule has 2 aliphatic rings. The molecule has 1 aliphatic carbocycles. The molecule has 1 saturated heterocycles. The molecule has 1 heterocycles. The minimum Gasteiger partial charge on any atom is -0.366 e.